The van der Waals surface area contributed by atoms with E-state index in [1.54, 1.807) is 30.6 Å². The molecule has 6 nitrogen and oxygen atoms in total. The van der Waals surface area contributed by atoms with E-state index in [1.165, 1.54) is 5.56 Å². The minimum atomic E-state index is -0.0814. The monoisotopic (exact) mass is 331 g/mol. The number of aliphatic imine (C=N–C) groups is 1. The lowest BCUT2D eigenvalue weighted by molar-refractivity contribution is -0.116. The van der Waals surface area contributed by atoms with Crippen LogP contribution in [0.1, 0.15) is 17.5 Å². The predicted molar refractivity (Wildman–Crippen MR) is 94.7 cm³/mol. The molecule has 7 heteroatoms. The number of carbonyl (C=O) groups excluding carboxylic acids is 1. The first-order chi connectivity index (χ1) is 11.2. The van der Waals surface area contributed by atoms with E-state index in [-0.39, 0.29) is 5.91 Å². The molecule has 0 aliphatic rings. The van der Waals surface area contributed by atoms with Gasteiger partial charge in [0.25, 0.3) is 0 Å². The van der Waals surface area contributed by atoms with Crippen LogP contribution < -0.4 is 16.0 Å². The SMILES string of the molecule is CN=C(NCCC(=O)Nc1ccc(C)cn1)NCc1ccsc1. The first-order valence-corrected chi connectivity index (χ1v) is 8.30. The van der Waals surface area contributed by atoms with Gasteiger partial charge in [-0.15, -0.1) is 0 Å². The average Bonchev–Trinajstić information content (AvgIpc) is 3.06. The van der Waals surface area contributed by atoms with Gasteiger partial charge < -0.3 is 16.0 Å². The number of nitrogens with one attached hydrogen (secondary N) is 3. The maximum Gasteiger partial charge on any atom is 0.227 e. The Labute approximate surface area is 140 Å². The van der Waals surface area contributed by atoms with Crippen molar-refractivity contribution in [2.75, 3.05) is 18.9 Å². The van der Waals surface area contributed by atoms with Crippen LogP contribution in [-0.2, 0) is 11.3 Å². The summed E-state index contributed by atoms with van der Waals surface area (Å²) >= 11 is 1.66. The van der Waals surface area contributed by atoms with Crippen LogP contribution in [0, 0.1) is 6.92 Å². The first kappa shape index (κ1) is 17.0. The second-order valence-electron chi connectivity index (χ2n) is 5.00. The van der Waals surface area contributed by atoms with Crippen LogP contribution in [0.25, 0.3) is 0 Å². The largest absolute Gasteiger partial charge is 0.356 e. The predicted octanol–water partition coefficient (Wildman–Crippen LogP) is 2.15. The molecule has 0 radical (unpaired) electrons. The summed E-state index contributed by atoms with van der Waals surface area (Å²) in [4.78, 5) is 20.1. The molecule has 2 aromatic heterocycles. The van der Waals surface area contributed by atoms with Crippen molar-refractivity contribution in [2.45, 2.75) is 19.9 Å². The summed E-state index contributed by atoms with van der Waals surface area (Å²) < 4.78 is 0. The van der Waals surface area contributed by atoms with Crippen molar-refractivity contribution >= 4 is 29.0 Å². The van der Waals surface area contributed by atoms with Gasteiger partial charge in [0, 0.05) is 32.8 Å². The highest BCUT2D eigenvalue weighted by molar-refractivity contribution is 7.07. The minimum Gasteiger partial charge on any atom is -0.356 e. The minimum absolute atomic E-state index is 0.0814. The summed E-state index contributed by atoms with van der Waals surface area (Å²) in [5, 5.41) is 13.2. The van der Waals surface area contributed by atoms with Crippen molar-refractivity contribution < 1.29 is 4.79 Å². The van der Waals surface area contributed by atoms with Gasteiger partial charge in [-0.3, -0.25) is 9.79 Å². The number of guanidine groups is 1. The fourth-order valence-electron chi connectivity index (χ4n) is 1.84. The van der Waals surface area contributed by atoms with Gasteiger partial charge in [-0.2, -0.15) is 11.3 Å². The molecule has 23 heavy (non-hydrogen) atoms. The Hall–Kier alpha value is -2.41. The van der Waals surface area contributed by atoms with Gasteiger partial charge in [-0.1, -0.05) is 6.07 Å². The highest BCUT2D eigenvalue weighted by Gasteiger charge is 2.04. The molecule has 0 aliphatic carbocycles. The number of hydrogen-bond acceptors (Lipinski definition) is 4. The van der Waals surface area contributed by atoms with Gasteiger partial charge in [-0.25, -0.2) is 4.98 Å². The second-order valence-corrected chi connectivity index (χ2v) is 5.78. The lowest BCUT2D eigenvalue weighted by Crippen LogP contribution is -2.38. The number of amides is 1. The lowest BCUT2D eigenvalue weighted by Gasteiger charge is -2.11. The third-order valence-corrected chi connectivity index (χ3v) is 3.82. The Balaban J connectivity index is 1.68. The maximum atomic E-state index is 11.9. The molecule has 0 aliphatic heterocycles. The van der Waals surface area contributed by atoms with E-state index in [2.05, 4.69) is 37.4 Å². The van der Waals surface area contributed by atoms with Gasteiger partial charge >= 0.3 is 0 Å². The molecular weight excluding hydrogens is 310 g/mol. The van der Waals surface area contributed by atoms with E-state index in [0.717, 1.165) is 5.56 Å². The van der Waals surface area contributed by atoms with E-state index in [4.69, 9.17) is 0 Å². The van der Waals surface area contributed by atoms with E-state index in [1.807, 2.05) is 18.4 Å². The zero-order chi connectivity index (χ0) is 16.5. The molecule has 0 bridgehead atoms. The zero-order valence-corrected chi connectivity index (χ0v) is 14.1. The number of thiophene rings is 1. The Bertz CT molecular complexity index is 637. The topological polar surface area (TPSA) is 78.4 Å². The van der Waals surface area contributed by atoms with Crippen molar-refractivity contribution in [3.05, 3.63) is 46.3 Å². The van der Waals surface area contributed by atoms with Gasteiger partial charge in [0.1, 0.15) is 5.82 Å². The maximum absolute atomic E-state index is 11.9. The molecule has 0 fully saturated rings. The molecule has 2 rings (SSSR count). The van der Waals surface area contributed by atoms with Crippen molar-refractivity contribution in [3.8, 4) is 0 Å². The summed E-state index contributed by atoms with van der Waals surface area (Å²) in [6, 6.07) is 5.77. The van der Waals surface area contributed by atoms with Crippen LogP contribution in [0.4, 0.5) is 5.82 Å². The molecule has 2 heterocycles. The van der Waals surface area contributed by atoms with Gasteiger partial charge in [0.2, 0.25) is 5.91 Å². The number of pyridine rings is 1. The fourth-order valence-corrected chi connectivity index (χ4v) is 2.51. The normalized spacial score (nSPS) is 11.1. The number of nitrogens with zero attached hydrogens (tertiary/aromatic N) is 2. The smallest absolute Gasteiger partial charge is 0.227 e. The Morgan fingerprint density at radius 2 is 2.17 bits per heavy atom. The quantitative estimate of drug-likeness (QED) is 0.560. The van der Waals surface area contributed by atoms with E-state index in [0.29, 0.717) is 31.3 Å². The van der Waals surface area contributed by atoms with Crippen LogP contribution in [-0.4, -0.2) is 30.4 Å². The molecule has 0 aromatic carbocycles. The van der Waals surface area contributed by atoms with Gasteiger partial charge in [0.05, 0.1) is 0 Å². The van der Waals surface area contributed by atoms with Gasteiger partial charge in [0.15, 0.2) is 5.96 Å². The number of aromatic nitrogens is 1. The summed E-state index contributed by atoms with van der Waals surface area (Å²) in [7, 11) is 1.71. The van der Waals surface area contributed by atoms with Crippen LogP contribution in [0.2, 0.25) is 0 Å². The molecule has 0 saturated carbocycles. The molecule has 1 amide bonds. The number of hydrogen-bond donors (Lipinski definition) is 3. The van der Waals surface area contributed by atoms with Crippen molar-refractivity contribution in [1.29, 1.82) is 0 Å². The highest BCUT2D eigenvalue weighted by atomic mass is 32.1. The third kappa shape index (κ3) is 6.07. The lowest BCUT2D eigenvalue weighted by atomic mass is 10.3. The molecular formula is C16H21N5OS. The Morgan fingerprint density at radius 3 is 2.83 bits per heavy atom. The molecule has 0 saturated heterocycles. The van der Waals surface area contributed by atoms with Crippen LogP contribution in [0.15, 0.2) is 40.1 Å². The van der Waals surface area contributed by atoms with Crippen molar-refractivity contribution in [3.63, 3.8) is 0 Å². The molecule has 0 spiro atoms. The molecule has 0 atom stereocenters. The highest BCUT2D eigenvalue weighted by Crippen LogP contribution is 2.05. The molecule has 122 valence electrons. The van der Waals surface area contributed by atoms with Crippen LogP contribution >= 0.6 is 11.3 Å². The summed E-state index contributed by atoms with van der Waals surface area (Å²) in [6.45, 7) is 3.17. The summed E-state index contributed by atoms with van der Waals surface area (Å²) in [5.74, 6) is 1.17. The molecule has 3 N–H and O–H groups in total. The number of rotatable bonds is 6. The summed E-state index contributed by atoms with van der Waals surface area (Å²) in [5.41, 5.74) is 2.27. The number of carbonyl (C=O) groups is 1. The zero-order valence-electron chi connectivity index (χ0n) is 13.3. The number of aryl methyl sites for hydroxylation is 1. The third-order valence-electron chi connectivity index (χ3n) is 3.09. The Kier molecular flexibility index (Phi) is 6.56. The first-order valence-electron chi connectivity index (χ1n) is 7.35. The standard InChI is InChI=1S/C16H21N5OS/c1-12-3-4-14(19-9-12)21-15(22)5-7-18-16(17-2)20-10-13-6-8-23-11-13/h3-4,6,8-9,11H,5,7,10H2,1-2H3,(H2,17,18,20)(H,19,21,22). The van der Waals surface area contributed by atoms with E-state index in [9.17, 15) is 4.79 Å². The fraction of sp³-hybridized carbons (Fsp3) is 0.312. The summed E-state index contributed by atoms with van der Waals surface area (Å²) in [6.07, 6.45) is 2.07. The molecule has 2 aromatic rings. The van der Waals surface area contributed by atoms with Gasteiger partial charge in [-0.05, 0) is 40.9 Å². The number of anilines is 1. The van der Waals surface area contributed by atoms with E-state index >= 15 is 0 Å². The van der Waals surface area contributed by atoms with Crippen molar-refractivity contribution in [2.24, 2.45) is 4.99 Å². The van der Waals surface area contributed by atoms with Crippen LogP contribution in [0.3, 0.4) is 0 Å². The molecule has 0 unspecified atom stereocenters. The Morgan fingerprint density at radius 1 is 1.30 bits per heavy atom. The average molecular weight is 331 g/mol. The van der Waals surface area contributed by atoms with E-state index < -0.39 is 0 Å². The van der Waals surface area contributed by atoms with Crippen molar-refractivity contribution in [1.82, 2.24) is 15.6 Å². The second kappa shape index (κ2) is 8.89. The van der Waals surface area contributed by atoms with Crippen LogP contribution in [0.5, 0.6) is 0 Å².